The number of hydrogen-bond acceptors (Lipinski definition) is 5. The number of nitrogens with zero attached hydrogens (tertiary/aromatic N) is 1. The number of benzene rings is 2. The van der Waals surface area contributed by atoms with Crippen molar-refractivity contribution in [1.82, 2.24) is 4.98 Å². The van der Waals surface area contributed by atoms with Crippen LogP contribution in [0.25, 0.3) is 33.0 Å². The highest BCUT2D eigenvalue weighted by Crippen LogP contribution is 2.37. The number of pyridine rings is 1. The summed E-state index contributed by atoms with van der Waals surface area (Å²) in [4.78, 5) is 17.4. The molecule has 5 nitrogen and oxygen atoms in total. The average molecular weight is 333 g/mol. The van der Waals surface area contributed by atoms with Crippen molar-refractivity contribution in [2.24, 2.45) is 0 Å². The quantitative estimate of drug-likeness (QED) is 0.530. The second-order valence-corrected chi connectivity index (χ2v) is 5.53. The van der Waals surface area contributed by atoms with Gasteiger partial charge in [-0.2, -0.15) is 0 Å². The minimum Gasteiger partial charge on any atom is -0.493 e. The van der Waals surface area contributed by atoms with E-state index >= 15 is 0 Å². The second kappa shape index (κ2) is 5.94. The molecule has 0 unspecified atom stereocenters. The minimum absolute atomic E-state index is 0.127. The van der Waals surface area contributed by atoms with Gasteiger partial charge in [-0.05, 0) is 36.4 Å². The first-order valence-corrected chi connectivity index (χ1v) is 7.75. The van der Waals surface area contributed by atoms with Crippen LogP contribution in [0.3, 0.4) is 0 Å². The molecular weight excluding hydrogens is 318 g/mol. The van der Waals surface area contributed by atoms with Crippen molar-refractivity contribution < 1.29 is 13.9 Å². The Labute approximate surface area is 143 Å². The fourth-order valence-electron chi connectivity index (χ4n) is 3.05. The Kier molecular flexibility index (Phi) is 3.61. The summed E-state index contributed by atoms with van der Waals surface area (Å²) in [5.41, 5.74) is 1.40. The van der Waals surface area contributed by atoms with Crippen molar-refractivity contribution in [3.63, 3.8) is 0 Å². The van der Waals surface area contributed by atoms with Gasteiger partial charge in [-0.1, -0.05) is 6.07 Å². The number of aromatic nitrogens is 1. The first-order chi connectivity index (χ1) is 12.2. The van der Waals surface area contributed by atoms with Gasteiger partial charge in [0.25, 0.3) is 0 Å². The summed E-state index contributed by atoms with van der Waals surface area (Å²) in [6, 6.07) is 12.7. The Bertz CT molecular complexity index is 1130. The lowest BCUT2D eigenvalue weighted by molar-refractivity contribution is 0.358. The number of fused-ring (bicyclic) bond motifs is 3. The lowest BCUT2D eigenvalue weighted by atomic mass is 10.0. The molecule has 0 radical (unpaired) electrons. The second-order valence-electron chi connectivity index (χ2n) is 5.53. The van der Waals surface area contributed by atoms with Crippen LogP contribution < -0.4 is 14.9 Å². The number of rotatable bonds is 3. The molecule has 25 heavy (non-hydrogen) atoms. The summed E-state index contributed by atoms with van der Waals surface area (Å²) < 4.78 is 16.5. The molecule has 2 aromatic heterocycles. The molecule has 2 aromatic carbocycles. The van der Waals surface area contributed by atoms with Crippen LogP contribution in [0.1, 0.15) is 0 Å². The van der Waals surface area contributed by atoms with Gasteiger partial charge in [0.15, 0.2) is 11.5 Å². The van der Waals surface area contributed by atoms with Crippen molar-refractivity contribution in [2.75, 3.05) is 14.2 Å². The molecule has 0 saturated carbocycles. The summed E-state index contributed by atoms with van der Waals surface area (Å²) >= 11 is 0. The lowest BCUT2D eigenvalue weighted by Crippen LogP contribution is -2.06. The van der Waals surface area contributed by atoms with Gasteiger partial charge in [-0.15, -0.1) is 0 Å². The lowest BCUT2D eigenvalue weighted by Gasteiger charge is -2.12. The molecule has 4 rings (SSSR count). The van der Waals surface area contributed by atoms with Crippen molar-refractivity contribution in [1.29, 1.82) is 0 Å². The molecule has 0 saturated heterocycles. The molecule has 0 N–H and O–H groups in total. The third kappa shape index (κ3) is 2.32. The van der Waals surface area contributed by atoms with Crippen molar-refractivity contribution >= 4 is 21.7 Å². The predicted octanol–water partition coefficient (Wildman–Crippen LogP) is 4.03. The maximum absolute atomic E-state index is 13.1. The van der Waals surface area contributed by atoms with Gasteiger partial charge < -0.3 is 13.9 Å². The zero-order valence-corrected chi connectivity index (χ0v) is 13.8. The average Bonchev–Trinajstić information content (AvgIpc) is 2.67. The van der Waals surface area contributed by atoms with Crippen LogP contribution >= 0.6 is 0 Å². The fourth-order valence-corrected chi connectivity index (χ4v) is 3.05. The summed E-state index contributed by atoms with van der Waals surface area (Å²) in [7, 11) is 3.16. The molecule has 0 amide bonds. The molecular formula is C20H15NO4. The molecule has 0 aliphatic heterocycles. The van der Waals surface area contributed by atoms with Gasteiger partial charge in [0.2, 0.25) is 5.43 Å². The monoisotopic (exact) mass is 333 g/mol. The van der Waals surface area contributed by atoms with Crippen LogP contribution in [0.2, 0.25) is 0 Å². The minimum atomic E-state index is -0.127. The predicted molar refractivity (Wildman–Crippen MR) is 96.3 cm³/mol. The van der Waals surface area contributed by atoms with E-state index in [9.17, 15) is 4.79 Å². The maximum Gasteiger partial charge on any atom is 0.202 e. The van der Waals surface area contributed by atoms with Crippen LogP contribution in [0.15, 0.2) is 64.1 Å². The molecule has 124 valence electrons. The van der Waals surface area contributed by atoms with E-state index in [0.29, 0.717) is 33.7 Å². The normalized spacial score (nSPS) is 11.0. The van der Waals surface area contributed by atoms with Gasteiger partial charge in [-0.25, -0.2) is 0 Å². The van der Waals surface area contributed by atoms with Gasteiger partial charge in [0.05, 0.1) is 30.9 Å². The Morgan fingerprint density at radius 1 is 0.960 bits per heavy atom. The molecule has 4 aromatic rings. The summed E-state index contributed by atoms with van der Waals surface area (Å²) in [6.45, 7) is 0. The molecule has 5 heteroatoms. The van der Waals surface area contributed by atoms with Gasteiger partial charge >= 0.3 is 0 Å². The van der Waals surface area contributed by atoms with Crippen LogP contribution in [0.4, 0.5) is 0 Å². The van der Waals surface area contributed by atoms with Crippen LogP contribution in [-0.2, 0) is 0 Å². The highest BCUT2D eigenvalue weighted by Gasteiger charge is 2.16. The van der Waals surface area contributed by atoms with E-state index < -0.39 is 0 Å². The first kappa shape index (κ1) is 15.2. The maximum atomic E-state index is 13.1. The highest BCUT2D eigenvalue weighted by atomic mass is 16.5. The Hall–Kier alpha value is -3.34. The largest absolute Gasteiger partial charge is 0.493 e. The van der Waals surface area contributed by atoms with Gasteiger partial charge in [0.1, 0.15) is 11.8 Å². The third-order valence-corrected chi connectivity index (χ3v) is 4.22. The zero-order valence-electron chi connectivity index (χ0n) is 13.8. The third-order valence-electron chi connectivity index (χ3n) is 4.22. The summed E-state index contributed by atoms with van der Waals surface area (Å²) in [5, 5.41) is 2.04. The van der Waals surface area contributed by atoms with E-state index in [1.807, 2.05) is 18.2 Å². The van der Waals surface area contributed by atoms with Gasteiger partial charge in [-0.3, -0.25) is 9.78 Å². The van der Waals surface area contributed by atoms with Crippen molar-refractivity contribution in [3.8, 4) is 22.8 Å². The van der Waals surface area contributed by atoms with Gasteiger partial charge in [0, 0.05) is 17.0 Å². The van der Waals surface area contributed by atoms with Crippen LogP contribution in [0.5, 0.6) is 11.5 Å². The molecule has 0 atom stereocenters. The number of methoxy groups -OCH3 is 2. The van der Waals surface area contributed by atoms with Crippen molar-refractivity contribution in [3.05, 3.63) is 65.1 Å². The Morgan fingerprint density at radius 2 is 1.80 bits per heavy atom. The molecule has 0 fully saturated rings. The molecule has 2 heterocycles. The summed E-state index contributed by atoms with van der Waals surface area (Å²) in [6.07, 6.45) is 3.11. The number of hydrogen-bond donors (Lipinski definition) is 0. The number of ether oxygens (including phenoxy) is 2. The van der Waals surface area contributed by atoms with E-state index in [1.165, 1.54) is 6.26 Å². The first-order valence-electron chi connectivity index (χ1n) is 7.75. The highest BCUT2D eigenvalue weighted by molar-refractivity contribution is 6.09. The molecule has 0 bridgehead atoms. The topological polar surface area (TPSA) is 61.6 Å². The smallest absolute Gasteiger partial charge is 0.202 e. The SMILES string of the molecule is COc1ccc2c(ccc3occ(-c4ccccn4)c(=O)c32)c1OC. The van der Waals surface area contributed by atoms with Crippen LogP contribution in [0, 0.1) is 0 Å². The van der Waals surface area contributed by atoms with E-state index in [4.69, 9.17) is 13.9 Å². The van der Waals surface area contributed by atoms with E-state index in [-0.39, 0.29) is 5.43 Å². The van der Waals surface area contributed by atoms with Crippen LogP contribution in [-0.4, -0.2) is 19.2 Å². The van der Waals surface area contributed by atoms with E-state index in [0.717, 1.165) is 10.8 Å². The standard InChI is InChI=1S/C20H15NO4/c1-23-17-9-6-12-13(20(17)24-2)7-8-16-18(12)19(22)14(11-25-16)15-5-3-4-10-21-15/h3-11H,1-2H3. The Morgan fingerprint density at radius 3 is 2.52 bits per heavy atom. The molecule has 0 spiro atoms. The van der Waals surface area contributed by atoms with Crippen molar-refractivity contribution in [2.45, 2.75) is 0 Å². The Balaban J connectivity index is 2.12. The summed E-state index contributed by atoms with van der Waals surface area (Å²) in [5.74, 6) is 1.20. The van der Waals surface area contributed by atoms with E-state index in [2.05, 4.69) is 4.98 Å². The zero-order chi connectivity index (χ0) is 17.4. The molecule has 0 aliphatic carbocycles. The fraction of sp³-hybridized carbons (Fsp3) is 0.100. The van der Waals surface area contributed by atoms with E-state index in [1.54, 1.807) is 44.7 Å². The molecule has 0 aliphatic rings.